The first kappa shape index (κ1) is 37.7. The molecule has 0 atom stereocenters. The summed E-state index contributed by atoms with van der Waals surface area (Å²) in [6, 6.07) is 17.1. The number of carbonyl (C=O) groups excluding carboxylic acids is 1. The van der Waals surface area contributed by atoms with Crippen molar-refractivity contribution in [2.75, 3.05) is 6.61 Å². The Balaban J connectivity index is 0.000000321. The number of nitrogens with zero attached hydrogens (tertiary/aromatic N) is 2. The van der Waals surface area contributed by atoms with Crippen LogP contribution in [0.1, 0.15) is 57.5 Å². The van der Waals surface area contributed by atoms with Gasteiger partial charge < -0.3 is 16.2 Å². The fraction of sp³-hybridized carbons (Fsp3) is 0.355. The van der Waals surface area contributed by atoms with Gasteiger partial charge in [-0.3, -0.25) is 4.79 Å². The van der Waals surface area contributed by atoms with Crippen LogP contribution in [0.15, 0.2) is 59.3 Å². The summed E-state index contributed by atoms with van der Waals surface area (Å²) in [4.78, 5) is 18.9. The summed E-state index contributed by atoms with van der Waals surface area (Å²) in [7, 11) is 0. The van der Waals surface area contributed by atoms with Gasteiger partial charge in [0, 0.05) is 35.9 Å². The molecular formula is C31H41ClN4O2S4. The zero-order valence-electron chi connectivity index (χ0n) is 24.6. The maximum absolute atomic E-state index is 9.98. The van der Waals surface area contributed by atoms with Crippen molar-refractivity contribution in [1.82, 2.24) is 15.3 Å². The van der Waals surface area contributed by atoms with Gasteiger partial charge in [-0.15, -0.1) is 34.3 Å². The molecule has 0 saturated carbocycles. The maximum atomic E-state index is 9.98. The van der Waals surface area contributed by atoms with E-state index in [-0.39, 0.29) is 17.6 Å². The molecule has 4 aromatic rings. The van der Waals surface area contributed by atoms with E-state index >= 15 is 0 Å². The highest BCUT2D eigenvalue weighted by molar-refractivity contribution is 7.80. The minimum Gasteiger partial charge on any atom is -0.397 e. The lowest BCUT2D eigenvalue weighted by molar-refractivity contribution is -0.117. The van der Waals surface area contributed by atoms with E-state index in [2.05, 4.69) is 106 Å². The third kappa shape index (κ3) is 17.6. The minimum atomic E-state index is -0.229. The van der Waals surface area contributed by atoms with Crippen molar-refractivity contribution in [3.05, 3.63) is 103 Å². The third-order valence-electron chi connectivity index (χ3n) is 5.35. The first-order valence-corrected chi connectivity index (χ1v) is 16.8. The van der Waals surface area contributed by atoms with E-state index in [1.165, 1.54) is 40.6 Å². The smallest absolute Gasteiger partial charge is 0.222 e. The molecule has 6 nitrogen and oxygen atoms in total. The number of aromatic nitrogens is 2. The Morgan fingerprint density at radius 3 is 1.52 bits per heavy atom. The first-order chi connectivity index (χ1) is 20.1. The number of aryl methyl sites for hydroxylation is 6. The van der Waals surface area contributed by atoms with Crippen LogP contribution in [0.3, 0.4) is 0 Å². The van der Waals surface area contributed by atoms with Crippen molar-refractivity contribution in [2.45, 2.75) is 65.0 Å². The second-order valence-corrected chi connectivity index (χ2v) is 12.1. The maximum Gasteiger partial charge on any atom is 0.222 e. The molecule has 0 aliphatic rings. The third-order valence-corrected chi connectivity index (χ3v) is 7.78. The highest BCUT2D eigenvalue weighted by atomic mass is 35.5. The normalized spacial score (nSPS) is 9.79. The summed E-state index contributed by atoms with van der Waals surface area (Å²) in [6.45, 7) is 7.37. The van der Waals surface area contributed by atoms with E-state index in [4.69, 9.17) is 22.4 Å². The average molecular weight is 665 g/mol. The Labute approximate surface area is 274 Å². The quantitative estimate of drug-likeness (QED) is 0.0919. The first-order valence-electron chi connectivity index (χ1n) is 13.4. The van der Waals surface area contributed by atoms with Crippen LogP contribution >= 0.6 is 59.1 Å². The summed E-state index contributed by atoms with van der Waals surface area (Å²) in [5, 5.41) is 16.4. The Morgan fingerprint density at radius 2 is 1.26 bits per heavy atom. The van der Waals surface area contributed by atoms with Gasteiger partial charge in [0.25, 0.3) is 0 Å². The van der Waals surface area contributed by atoms with Crippen LogP contribution < -0.4 is 11.1 Å². The van der Waals surface area contributed by atoms with Gasteiger partial charge in [-0.1, -0.05) is 48.5 Å². The molecule has 42 heavy (non-hydrogen) atoms. The average Bonchev–Trinajstić information content (AvgIpc) is 3.59. The minimum absolute atomic E-state index is 0.0208. The van der Waals surface area contributed by atoms with Crippen LogP contribution in [0, 0.1) is 13.8 Å². The molecule has 0 bridgehead atoms. The standard InChI is InChI=1S/C13H14ClNS.C13H15NS2.C3H6N2OS.C2H6O/c1-10-15-13(9-16-10)7-6-11-2-4-12(8-14)5-3-11;1-10-14-13(9-16-10)7-6-11-2-4-12(8-15)5-3-11;1-2(6)5-3(4)7;1-2-3/h2-5,9H,6-8H2,1H3;2-5,9,15H,6-8H2,1H3;1H3,(H3,4,5,6,7);3H,2H2,1H3. The van der Waals surface area contributed by atoms with E-state index in [0.717, 1.165) is 41.5 Å². The molecule has 1 amide bonds. The molecule has 2 aromatic carbocycles. The van der Waals surface area contributed by atoms with E-state index in [0.29, 0.717) is 5.88 Å². The topological polar surface area (TPSA) is 101 Å². The van der Waals surface area contributed by atoms with Crippen LogP contribution in [0.25, 0.3) is 0 Å². The number of nitrogens with two attached hydrogens (primary N) is 1. The molecule has 0 saturated heterocycles. The Hall–Kier alpha value is -2.34. The predicted octanol–water partition coefficient (Wildman–Crippen LogP) is 7.01. The summed E-state index contributed by atoms with van der Waals surface area (Å²) in [5.74, 6) is 1.17. The Kier molecular flexibility index (Phi) is 19.9. The monoisotopic (exact) mass is 664 g/mol. The number of thiol groups is 1. The summed E-state index contributed by atoms with van der Waals surface area (Å²) < 4.78 is 0. The fourth-order valence-corrected chi connectivity index (χ4v) is 5.20. The molecule has 4 rings (SSSR count). The lowest BCUT2D eigenvalue weighted by Crippen LogP contribution is -2.32. The van der Waals surface area contributed by atoms with Crippen LogP contribution in [-0.4, -0.2) is 32.7 Å². The number of thiocarbonyl (C=S) groups is 1. The number of nitrogens with one attached hydrogen (secondary N) is 1. The highest BCUT2D eigenvalue weighted by Crippen LogP contribution is 2.14. The van der Waals surface area contributed by atoms with Crippen molar-refractivity contribution in [1.29, 1.82) is 0 Å². The van der Waals surface area contributed by atoms with Gasteiger partial charge in [0.05, 0.1) is 21.4 Å². The van der Waals surface area contributed by atoms with Gasteiger partial charge >= 0.3 is 0 Å². The van der Waals surface area contributed by atoms with Crippen molar-refractivity contribution < 1.29 is 9.90 Å². The lowest BCUT2D eigenvalue weighted by atomic mass is 10.1. The number of hydrogen-bond donors (Lipinski definition) is 4. The lowest BCUT2D eigenvalue weighted by Gasteiger charge is -2.01. The fourth-order valence-electron chi connectivity index (χ4n) is 3.37. The number of benzene rings is 2. The summed E-state index contributed by atoms with van der Waals surface area (Å²) in [5.41, 5.74) is 12.5. The number of aliphatic hydroxyl groups excluding tert-OH is 1. The van der Waals surface area contributed by atoms with Gasteiger partial charge in [0.1, 0.15) is 0 Å². The SMILES string of the molecule is CC(=O)NC(N)=S.CCO.Cc1nc(CCc2ccc(CCl)cc2)cs1.Cc1nc(CCc2ccc(CS)cc2)cs1. The van der Waals surface area contributed by atoms with Crippen molar-refractivity contribution in [3.63, 3.8) is 0 Å². The number of halogens is 1. The Bertz CT molecular complexity index is 1210. The van der Waals surface area contributed by atoms with Crippen molar-refractivity contribution >= 4 is 70.1 Å². The van der Waals surface area contributed by atoms with E-state index in [9.17, 15) is 4.79 Å². The van der Waals surface area contributed by atoms with Crippen LogP contribution in [-0.2, 0) is 42.1 Å². The molecule has 228 valence electrons. The molecule has 0 unspecified atom stereocenters. The molecule has 4 N–H and O–H groups in total. The molecule has 0 aliphatic carbocycles. The highest BCUT2D eigenvalue weighted by Gasteiger charge is 2.01. The van der Waals surface area contributed by atoms with E-state index < -0.39 is 0 Å². The van der Waals surface area contributed by atoms with Gasteiger partial charge in [0.2, 0.25) is 5.91 Å². The molecule has 0 spiro atoms. The molecular weight excluding hydrogens is 624 g/mol. The number of aliphatic hydroxyl groups is 1. The van der Waals surface area contributed by atoms with Crippen molar-refractivity contribution in [2.24, 2.45) is 5.73 Å². The largest absolute Gasteiger partial charge is 0.397 e. The van der Waals surface area contributed by atoms with Crippen LogP contribution in [0.2, 0.25) is 0 Å². The number of rotatable bonds is 8. The van der Waals surface area contributed by atoms with Gasteiger partial charge in [-0.05, 0) is 80.9 Å². The summed E-state index contributed by atoms with van der Waals surface area (Å²) >= 11 is 17.8. The zero-order valence-corrected chi connectivity index (χ0v) is 28.7. The summed E-state index contributed by atoms with van der Waals surface area (Å²) in [6.07, 6.45) is 4.16. The predicted molar refractivity (Wildman–Crippen MR) is 187 cm³/mol. The zero-order chi connectivity index (χ0) is 31.3. The van der Waals surface area contributed by atoms with E-state index in [1.807, 2.05) is 6.92 Å². The molecule has 0 radical (unpaired) electrons. The number of hydrogen-bond acceptors (Lipinski definition) is 8. The van der Waals surface area contributed by atoms with Crippen LogP contribution in [0.5, 0.6) is 0 Å². The number of carbonyl (C=O) groups is 1. The van der Waals surface area contributed by atoms with Gasteiger partial charge in [-0.2, -0.15) is 12.6 Å². The molecule has 0 aliphatic heterocycles. The second-order valence-electron chi connectivity index (χ2n) is 9.00. The molecule has 2 heterocycles. The van der Waals surface area contributed by atoms with Crippen molar-refractivity contribution in [3.8, 4) is 0 Å². The molecule has 0 fully saturated rings. The number of thiazole rings is 2. The number of amides is 1. The Morgan fingerprint density at radius 1 is 0.881 bits per heavy atom. The molecule has 2 aromatic heterocycles. The molecule has 11 heteroatoms. The van der Waals surface area contributed by atoms with Gasteiger partial charge in [0.15, 0.2) is 5.11 Å². The van der Waals surface area contributed by atoms with Gasteiger partial charge in [-0.25, -0.2) is 9.97 Å². The number of alkyl halides is 1. The van der Waals surface area contributed by atoms with E-state index in [1.54, 1.807) is 29.6 Å². The van der Waals surface area contributed by atoms with Crippen LogP contribution in [0.4, 0.5) is 0 Å². The second kappa shape index (κ2) is 22.2.